The van der Waals surface area contributed by atoms with Gasteiger partial charge in [-0.15, -0.1) is 0 Å². The summed E-state index contributed by atoms with van der Waals surface area (Å²) in [6.07, 6.45) is 3.76. The van der Waals surface area contributed by atoms with Crippen molar-refractivity contribution in [1.82, 2.24) is 9.97 Å². The molecule has 2 N–H and O–H groups in total. The van der Waals surface area contributed by atoms with Crippen molar-refractivity contribution >= 4 is 12.2 Å². The van der Waals surface area contributed by atoms with Gasteiger partial charge < -0.3 is 10.1 Å². The van der Waals surface area contributed by atoms with Gasteiger partial charge in [-0.25, -0.2) is 4.99 Å². The molecular weight excluding hydrogens is 214 g/mol. The summed E-state index contributed by atoms with van der Waals surface area (Å²) in [6, 6.07) is 7.91. The van der Waals surface area contributed by atoms with Crippen molar-refractivity contribution in [3.63, 3.8) is 0 Å². The second kappa shape index (κ2) is 3.59. The largest absolute Gasteiger partial charge is 0.492 e. The molecule has 3 rings (SSSR count). The van der Waals surface area contributed by atoms with Crippen LogP contribution in [0.2, 0.25) is 0 Å². The molecule has 0 unspecified atom stereocenters. The normalized spacial score (nSPS) is 15.5. The van der Waals surface area contributed by atoms with Gasteiger partial charge in [-0.3, -0.25) is 0 Å². The van der Waals surface area contributed by atoms with Crippen LogP contribution in [0.15, 0.2) is 35.0 Å². The summed E-state index contributed by atoms with van der Waals surface area (Å²) < 4.78 is 0. The number of benzene rings is 1. The molecule has 1 aromatic heterocycles. The summed E-state index contributed by atoms with van der Waals surface area (Å²) in [5, 5.41) is 11.6. The maximum absolute atomic E-state index is 9.57. The lowest BCUT2D eigenvalue weighted by atomic mass is 10.2. The number of nitrogens with zero attached hydrogens (tertiary/aromatic N) is 2. The number of aromatic amines is 1. The molecule has 1 aliphatic rings. The van der Waals surface area contributed by atoms with Crippen molar-refractivity contribution in [2.45, 2.75) is 6.92 Å². The molecule has 0 saturated carbocycles. The van der Waals surface area contributed by atoms with Gasteiger partial charge in [-0.2, -0.15) is 4.98 Å². The predicted octanol–water partition coefficient (Wildman–Crippen LogP) is 0.879. The zero-order chi connectivity index (χ0) is 11.8. The second-order valence-electron chi connectivity index (χ2n) is 3.94. The number of para-hydroxylation sites is 1. The standard InChI is InChI=1S/C13H11N3O/c1-8-14-12(13(17)15-8)7-10-6-9-4-2-3-5-11(9)16-10/h2-7,17H,1H3,(H,14,15). The topological polar surface area (TPSA) is 61.3 Å². The van der Waals surface area contributed by atoms with Crippen molar-refractivity contribution in [2.75, 3.05) is 0 Å². The van der Waals surface area contributed by atoms with Crippen molar-refractivity contribution in [3.05, 3.63) is 52.1 Å². The molecule has 0 bridgehead atoms. The van der Waals surface area contributed by atoms with E-state index in [0.29, 0.717) is 11.5 Å². The Hall–Kier alpha value is -2.36. The van der Waals surface area contributed by atoms with Gasteiger partial charge in [0.05, 0.1) is 11.1 Å². The lowest BCUT2D eigenvalue weighted by Gasteiger charge is -1.89. The first-order valence-electron chi connectivity index (χ1n) is 5.35. The smallest absolute Gasteiger partial charge is 0.237 e. The minimum Gasteiger partial charge on any atom is -0.492 e. The van der Waals surface area contributed by atoms with Crippen LogP contribution in [0, 0.1) is 6.92 Å². The Kier molecular flexibility index (Phi) is 2.08. The van der Waals surface area contributed by atoms with E-state index in [1.165, 1.54) is 0 Å². The average molecular weight is 225 g/mol. The van der Waals surface area contributed by atoms with E-state index < -0.39 is 0 Å². The third-order valence-electron chi connectivity index (χ3n) is 2.61. The van der Waals surface area contributed by atoms with Crippen LogP contribution >= 0.6 is 0 Å². The molecule has 2 heterocycles. The molecule has 0 atom stereocenters. The molecular formula is C13H11N3O. The van der Waals surface area contributed by atoms with Gasteiger partial charge in [0.2, 0.25) is 5.88 Å². The third kappa shape index (κ3) is 1.73. The molecule has 1 aromatic carbocycles. The Morgan fingerprint density at radius 1 is 1.29 bits per heavy atom. The number of fused-ring (bicyclic) bond motifs is 1. The number of rotatable bonds is 1. The first-order valence-corrected chi connectivity index (χ1v) is 5.35. The van der Waals surface area contributed by atoms with Gasteiger partial charge in [-0.05, 0) is 25.1 Å². The summed E-state index contributed by atoms with van der Waals surface area (Å²) in [5.41, 5.74) is 1.40. The minimum absolute atomic E-state index is 0.00885. The summed E-state index contributed by atoms with van der Waals surface area (Å²) in [6.45, 7) is 1.80. The number of hydrogen-bond donors (Lipinski definition) is 2. The van der Waals surface area contributed by atoms with E-state index in [9.17, 15) is 5.11 Å². The lowest BCUT2D eigenvalue weighted by Crippen LogP contribution is -2.19. The highest BCUT2D eigenvalue weighted by atomic mass is 16.3. The second-order valence-corrected chi connectivity index (χ2v) is 3.94. The first-order chi connectivity index (χ1) is 8.22. The van der Waals surface area contributed by atoms with Crippen molar-refractivity contribution < 1.29 is 5.11 Å². The maximum atomic E-state index is 9.57. The van der Waals surface area contributed by atoms with Crippen molar-refractivity contribution in [2.24, 2.45) is 4.99 Å². The zero-order valence-corrected chi connectivity index (χ0v) is 9.31. The van der Waals surface area contributed by atoms with E-state index >= 15 is 0 Å². The monoisotopic (exact) mass is 225 g/mol. The van der Waals surface area contributed by atoms with Gasteiger partial charge >= 0.3 is 0 Å². The van der Waals surface area contributed by atoms with Gasteiger partial charge in [0.1, 0.15) is 11.5 Å². The van der Waals surface area contributed by atoms with Crippen LogP contribution in [0.25, 0.3) is 12.2 Å². The van der Waals surface area contributed by atoms with E-state index in [-0.39, 0.29) is 5.88 Å². The maximum Gasteiger partial charge on any atom is 0.237 e. The van der Waals surface area contributed by atoms with Gasteiger partial charge in [0.25, 0.3) is 0 Å². The third-order valence-corrected chi connectivity index (χ3v) is 2.61. The molecule has 0 aliphatic carbocycles. The number of allylic oxidation sites excluding steroid dienone is 1. The molecule has 4 heteroatoms. The Morgan fingerprint density at radius 2 is 2.12 bits per heavy atom. The van der Waals surface area contributed by atoms with E-state index in [1.54, 1.807) is 13.0 Å². The fourth-order valence-electron chi connectivity index (χ4n) is 1.86. The van der Waals surface area contributed by atoms with Crippen LogP contribution in [-0.2, 0) is 0 Å². The summed E-state index contributed by atoms with van der Waals surface area (Å²) in [4.78, 5) is 11.3. The van der Waals surface area contributed by atoms with Crippen LogP contribution in [-0.4, -0.2) is 15.1 Å². The predicted molar refractivity (Wildman–Crippen MR) is 64.7 cm³/mol. The van der Waals surface area contributed by atoms with E-state index in [1.807, 2.05) is 30.3 Å². The van der Waals surface area contributed by atoms with E-state index in [2.05, 4.69) is 15.0 Å². The Bertz CT molecular complexity index is 688. The molecule has 0 radical (unpaired) electrons. The van der Waals surface area contributed by atoms with Crippen molar-refractivity contribution in [3.8, 4) is 5.88 Å². The van der Waals surface area contributed by atoms with Crippen LogP contribution in [0.3, 0.4) is 0 Å². The SMILES string of the molecule is Cc1nc(O)c(C=C2C=c3ccccc3=N2)[nH]1. The molecule has 0 amide bonds. The van der Waals surface area contributed by atoms with Crippen molar-refractivity contribution in [1.29, 1.82) is 0 Å². The zero-order valence-electron chi connectivity index (χ0n) is 9.31. The Balaban J connectivity index is 2.09. The molecule has 84 valence electrons. The Morgan fingerprint density at radius 3 is 2.82 bits per heavy atom. The fraction of sp³-hybridized carbons (Fsp3) is 0.0769. The molecule has 4 nitrogen and oxygen atoms in total. The molecule has 0 saturated heterocycles. The summed E-state index contributed by atoms with van der Waals surface area (Å²) in [7, 11) is 0. The number of aromatic hydroxyl groups is 1. The highest BCUT2D eigenvalue weighted by molar-refractivity contribution is 5.65. The van der Waals surface area contributed by atoms with Crippen LogP contribution in [0.1, 0.15) is 11.5 Å². The van der Waals surface area contributed by atoms with E-state index in [0.717, 1.165) is 16.3 Å². The average Bonchev–Trinajstić information content (AvgIpc) is 2.82. The molecule has 1 aliphatic heterocycles. The van der Waals surface area contributed by atoms with Crippen LogP contribution in [0.4, 0.5) is 0 Å². The number of aryl methyl sites for hydroxylation is 1. The van der Waals surface area contributed by atoms with Crippen LogP contribution < -0.4 is 10.6 Å². The quantitative estimate of drug-likeness (QED) is 0.756. The minimum atomic E-state index is 0.00885. The number of nitrogens with one attached hydrogen (secondary N) is 1. The van der Waals surface area contributed by atoms with E-state index in [4.69, 9.17) is 0 Å². The highest BCUT2D eigenvalue weighted by Gasteiger charge is 2.06. The first kappa shape index (κ1) is 9.84. The number of H-pyrrole nitrogens is 1. The highest BCUT2D eigenvalue weighted by Crippen LogP contribution is 2.17. The number of imidazole rings is 1. The van der Waals surface area contributed by atoms with Crippen LogP contribution in [0.5, 0.6) is 5.88 Å². The fourth-order valence-corrected chi connectivity index (χ4v) is 1.86. The Labute approximate surface area is 97.7 Å². The lowest BCUT2D eigenvalue weighted by molar-refractivity contribution is 0.454. The van der Waals surface area contributed by atoms with Gasteiger partial charge in [0, 0.05) is 5.22 Å². The number of hydrogen-bond acceptors (Lipinski definition) is 3. The summed E-state index contributed by atoms with van der Waals surface area (Å²) in [5.74, 6) is 0.694. The molecule has 17 heavy (non-hydrogen) atoms. The molecule has 0 spiro atoms. The van der Waals surface area contributed by atoms with Gasteiger partial charge in [-0.1, -0.05) is 18.2 Å². The summed E-state index contributed by atoms with van der Waals surface area (Å²) >= 11 is 0. The number of aromatic nitrogens is 2. The molecule has 0 fully saturated rings. The van der Waals surface area contributed by atoms with Gasteiger partial charge in [0.15, 0.2) is 0 Å². The molecule has 2 aromatic rings.